The Bertz CT molecular complexity index is 1150. The van der Waals surface area contributed by atoms with Gasteiger partial charge in [0.1, 0.15) is 0 Å². The van der Waals surface area contributed by atoms with E-state index in [-0.39, 0.29) is 48.6 Å². The first-order valence-electron chi connectivity index (χ1n) is 13.9. The van der Waals surface area contributed by atoms with Crippen molar-refractivity contribution in [2.45, 2.75) is 81.5 Å². The molecule has 7 amide bonds. The molecule has 3 heterocycles. The van der Waals surface area contributed by atoms with Crippen molar-refractivity contribution >= 4 is 45.8 Å². The Kier molecular flexibility index (Phi) is 6.47. The summed E-state index contributed by atoms with van der Waals surface area (Å²) >= 11 is 2.65. The van der Waals surface area contributed by atoms with Gasteiger partial charge in [-0.15, -0.1) is 0 Å². The molecule has 3 aliphatic heterocycles. The molecule has 2 spiro atoms. The number of nitrogens with zero attached hydrogens (tertiary/aromatic N) is 4. The number of urea groups is 2. The zero-order valence-electron chi connectivity index (χ0n) is 22.2. The van der Waals surface area contributed by atoms with Crippen molar-refractivity contribution in [3.8, 4) is 0 Å². The van der Waals surface area contributed by atoms with Crippen molar-refractivity contribution in [3.63, 3.8) is 0 Å². The van der Waals surface area contributed by atoms with Crippen LogP contribution in [0.2, 0.25) is 0 Å². The molecule has 12 heteroatoms. The van der Waals surface area contributed by atoms with Gasteiger partial charge in [-0.25, -0.2) is 9.18 Å². The van der Waals surface area contributed by atoms with Crippen molar-refractivity contribution in [2.24, 2.45) is 11.3 Å². The molecule has 3 saturated carbocycles. The van der Waals surface area contributed by atoms with Crippen molar-refractivity contribution in [1.82, 2.24) is 19.6 Å². The fourth-order valence-electron chi connectivity index (χ4n) is 7.86. The van der Waals surface area contributed by atoms with Gasteiger partial charge in [-0.05, 0) is 0 Å². The van der Waals surface area contributed by atoms with Crippen LogP contribution < -0.4 is 0 Å². The van der Waals surface area contributed by atoms with Crippen LogP contribution in [-0.4, -0.2) is 116 Å². The molecule has 6 rings (SSSR count). The fourth-order valence-corrected chi connectivity index (χ4v) is 8.28. The Balaban J connectivity index is 1.15. The van der Waals surface area contributed by atoms with E-state index in [9.17, 15) is 28.4 Å². The quantitative estimate of drug-likeness (QED) is 0.205. The zero-order chi connectivity index (χ0) is 27.7. The van der Waals surface area contributed by atoms with Gasteiger partial charge < -0.3 is 4.74 Å². The normalized spacial score (nSPS) is 36.1. The molecule has 0 aromatic heterocycles. The molecule has 0 bridgehead atoms. The van der Waals surface area contributed by atoms with Crippen molar-refractivity contribution in [3.05, 3.63) is 10.5 Å². The SMILES string of the molecule is CN1C(=O)N(CC2(F)COC2)C2(CC3(CCC(N4C(=O)C(=C[Se])C(=O)N(CC5CCCC5)C4=O)CC3)C2)C1=O. The predicted molar refractivity (Wildman–Crippen MR) is 136 cm³/mol. The third kappa shape index (κ3) is 4.08. The standard InChI is InChI=1S/C27H34FN4O6Se/c1-29-22(35)27(31(23(29)36)14-26(28)15-38-16-26)12-25(13-27)8-6-18(7-9-25)32-21(34)19(11-39)20(33)30(24(32)37)10-17-4-2-3-5-17/h11,17-18H,2-10,12-16H2,1H3. The number of hydrogen-bond donors (Lipinski definition) is 0. The molecule has 0 atom stereocenters. The molecule has 0 N–H and O–H groups in total. The van der Waals surface area contributed by atoms with Crippen LogP contribution in [0.1, 0.15) is 64.2 Å². The topological polar surface area (TPSA) is 108 Å². The second-order valence-electron chi connectivity index (χ2n) is 12.5. The van der Waals surface area contributed by atoms with E-state index in [0.29, 0.717) is 45.1 Å². The number of alkyl halides is 1. The summed E-state index contributed by atoms with van der Waals surface area (Å²) in [5.74, 6) is -1.12. The maximum atomic E-state index is 14.9. The Labute approximate surface area is 235 Å². The molecule has 10 nitrogen and oxygen atoms in total. The van der Waals surface area contributed by atoms with Gasteiger partial charge in [0.2, 0.25) is 0 Å². The summed E-state index contributed by atoms with van der Waals surface area (Å²) in [7, 11) is 1.44. The van der Waals surface area contributed by atoms with Crippen molar-refractivity contribution in [2.75, 3.05) is 33.4 Å². The van der Waals surface area contributed by atoms with E-state index in [1.807, 2.05) is 0 Å². The fraction of sp³-hybridized carbons (Fsp3) is 0.741. The zero-order valence-corrected chi connectivity index (χ0v) is 23.9. The van der Waals surface area contributed by atoms with Crippen LogP contribution in [0.15, 0.2) is 10.5 Å². The van der Waals surface area contributed by atoms with Crippen LogP contribution in [0, 0.1) is 11.3 Å². The Hall–Kier alpha value is -2.30. The average Bonchev–Trinajstić information content (AvgIpc) is 3.45. The number of imide groups is 3. The van der Waals surface area contributed by atoms with E-state index in [4.69, 9.17) is 4.74 Å². The van der Waals surface area contributed by atoms with Gasteiger partial charge in [-0.2, -0.15) is 0 Å². The van der Waals surface area contributed by atoms with E-state index >= 15 is 0 Å². The van der Waals surface area contributed by atoms with Crippen molar-refractivity contribution in [1.29, 1.82) is 0 Å². The summed E-state index contributed by atoms with van der Waals surface area (Å²) in [5.41, 5.74) is -2.90. The van der Waals surface area contributed by atoms with E-state index < -0.39 is 35.1 Å². The minimum atomic E-state index is -1.63. The number of barbiturate groups is 1. The van der Waals surface area contributed by atoms with Crippen LogP contribution in [0.25, 0.3) is 0 Å². The summed E-state index contributed by atoms with van der Waals surface area (Å²) in [5, 5.41) is 0. The molecule has 0 aromatic rings. The summed E-state index contributed by atoms with van der Waals surface area (Å²) in [6.07, 6.45) is 7.46. The van der Waals surface area contributed by atoms with Gasteiger partial charge in [-0.1, -0.05) is 0 Å². The minimum absolute atomic E-state index is 0.00986. The first-order valence-corrected chi connectivity index (χ1v) is 14.9. The Morgan fingerprint density at radius 1 is 0.974 bits per heavy atom. The molecular formula is C27H34FN4O6Se. The molecule has 1 radical (unpaired) electrons. The van der Waals surface area contributed by atoms with E-state index in [2.05, 4.69) is 16.0 Å². The number of halogens is 1. The monoisotopic (exact) mass is 609 g/mol. The van der Waals surface area contributed by atoms with Gasteiger partial charge in [0.05, 0.1) is 13.2 Å². The van der Waals surface area contributed by atoms with Gasteiger partial charge in [0, 0.05) is 7.05 Å². The Morgan fingerprint density at radius 3 is 2.18 bits per heavy atom. The summed E-state index contributed by atoms with van der Waals surface area (Å²) in [6, 6.07) is -1.35. The molecule has 6 aliphatic rings. The van der Waals surface area contributed by atoms with Gasteiger partial charge in [0.15, 0.2) is 5.67 Å². The number of carbonyl (C=O) groups is 5. The van der Waals surface area contributed by atoms with Crippen molar-refractivity contribution < 1.29 is 33.1 Å². The number of likely N-dealkylation sites (N-methyl/N-ethyl adjacent to an activating group) is 1. The second kappa shape index (κ2) is 9.38. The summed E-state index contributed by atoms with van der Waals surface area (Å²) < 4.78 is 20.0. The molecule has 211 valence electrons. The molecule has 39 heavy (non-hydrogen) atoms. The van der Waals surface area contributed by atoms with Crippen LogP contribution in [0.5, 0.6) is 0 Å². The second-order valence-corrected chi connectivity index (χ2v) is 13.0. The molecule has 0 aromatic carbocycles. The molecule has 0 unspecified atom stereocenters. The van der Waals surface area contributed by atoms with Crippen LogP contribution in [0.3, 0.4) is 0 Å². The van der Waals surface area contributed by atoms with Crippen LogP contribution >= 0.6 is 0 Å². The average molecular weight is 609 g/mol. The molecule has 6 fully saturated rings. The maximum absolute atomic E-state index is 14.9. The number of hydrogen-bond acceptors (Lipinski definition) is 6. The van der Waals surface area contributed by atoms with Gasteiger partial charge >= 0.3 is 195 Å². The Morgan fingerprint density at radius 2 is 1.62 bits per heavy atom. The number of ether oxygens (including phenoxy) is 1. The van der Waals surface area contributed by atoms with Crippen LogP contribution in [0.4, 0.5) is 14.0 Å². The first kappa shape index (κ1) is 26.9. The van der Waals surface area contributed by atoms with E-state index in [1.54, 1.807) is 0 Å². The first-order chi connectivity index (χ1) is 18.5. The molecular weight excluding hydrogens is 574 g/mol. The summed E-state index contributed by atoms with van der Waals surface area (Å²) in [4.78, 5) is 72.2. The third-order valence-corrected chi connectivity index (χ3v) is 10.5. The number of carbonyl (C=O) groups excluding carboxylic acids is 5. The molecule has 3 saturated heterocycles. The number of rotatable bonds is 5. The predicted octanol–water partition coefficient (Wildman–Crippen LogP) is 2.11. The van der Waals surface area contributed by atoms with Gasteiger partial charge in [-0.3, -0.25) is 0 Å². The third-order valence-electron chi connectivity index (χ3n) is 10.0. The van der Waals surface area contributed by atoms with E-state index in [0.717, 1.165) is 30.6 Å². The summed E-state index contributed by atoms with van der Waals surface area (Å²) in [6.45, 7) is 0.00731. The number of amides is 7. The van der Waals surface area contributed by atoms with Crippen LogP contribution in [-0.2, 0) is 19.1 Å². The molecule has 3 aliphatic carbocycles. The van der Waals surface area contributed by atoms with E-state index in [1.165, 1.54) is 26.7 Å². The van der Waals surface area contributed by atoms with Gasteiger partial charge in [0.25, 0.3) is 0 Å².